The molecule has 0 radical (unpaired) electrons. The Morgan fingerprint density at radius 3 is 2.40 bits per heavy atom. The maximum absolute atomic E-state index is 10.5. The van der Waals surface area contributed by atoms with Crippen molar-refractivity contribution in [3.63, 3.8) is 0 Å². The molecular weight excluding hydrogens is 158 g/mol. The highest BCUT2D eigenvalue weighted by atomic mass is 32.2. The van der Waals surface area contributed by atoms with Gasteiger partial charge in [0.25, 0.3) is 0 Å². The number of oxime groups is 1. The van der Waals surface area contributed by atoms with Crippen molar-refractivity contribution < 1.29 is 12.7 Å². The number of nitrogens with zero attached hydrogens (tertiary/aromatic N) is 1. The van der Waals surface area contributed by atoms with Gasteiger partial charge in [0, 0.05) is 0 Å². The maximum Gasteiger partial charge on any atom is 0.328 e. The topological polar surface area (TPSA) is 108 Å². The van der Waals surface area contributed by atoms with Crippen LogP contribution in [0.1, 0.15) is 6.92 Å². The molecule has 0 aromatic rings. The summed E-state index contributed by atoms with van der Waals surface area (Å²) in [4.78, 5) is 0. The van der Waals surface area contributed by atoms with Crippen LogP contribution in [0.15, 0.2) is 5.16 Å². The lowest BCUT2D eigenvalue weighted by atomic mass is 11.0. The minimum absolute atomic E-state index is 0.163. The van der Waals surface area contributed by atoms with E-state index in [9.17, 15) is 8.42 Å². The van der Waals surface area contributed by atoms with E-state index in [0.29, 0.717) is 0 Å². The number of hydrogen-bond acceptors (Lipinski definition) is 4. The maximum atomic E-state index is 10.5. The first-order valence-electron chi connectivity index (χ1n) is 2.48. The molecule has 0 saturated heterocycles. The summed E-state index contributed by atoms with van der Waals surface area (Å²) in [6.07, 6.45) is 0. The zero-order valence-corrected chi connectivity index (χ0v) is 6.26. The molecule has 4 N–H and O–H groups in total. The van der Waals surface area contributed by atoms with E-state index in [2.05, 4.69) is 9.44 Å². The van der Waals surface area contributed by atoms with Crippen LogP contribution in [0.2, 0.25) is 0 Å². The molecule has 0 spiro atoms. The summed E-state index contributed by atoms with van der Waals surface area (Å²) in [7, 11) is -3.56. The Kier molecular flexibility index (Phi) is 2.94. The van der Waals surface area contributed by atoms with Crippen molar-refractivity contribution in [2.45, 2.75) is 6.92 Å². The van der Waals surface area contributed by atoms with Crippen molar-refractivity contribution >= 4 is 16.1 Å². The molecule has 0 aliphatic heterocycles. The Hall–Kier alpha value is -0.980. The van der Waals surface area contributed by atoms with Crippen molar-refractivity contribution in [1.29, 1.82) is 0 Å². The summed E-state index contributed by atoms with van der Waals surface area (Å²) in [5.41, 5.74) is 9.59. The molecule has 0 amide bonds. The summed E-state index contributed by atoms with van der Waals surface area (Å²) in [6, 6.07) is 0. The molecule has 0 unspecified atom stereocenters. The Balaban J connectivity index is 4.06. The predicted molar refractivity (Wildman–Crippen MR) is 36.4 cm³/mol. The number of rotatable bonds is 3. The molecule has 0 rings (SSSR count). The Bertz CT molecular complexity index is 215. The first-order valence-corrected chi connectivity index (χ1v) is 4.06. The first-order chi connectivity index (χ1) is 4.48. The summed E-state index contributed by atoms with van der Waals surface area (Å²) in [6.45, 7) is 1.41. The fourth-order valence-corrected chi connectivity index (χ4v) is 0.458. The van der Waals surface area contributed by atoms with Crippen molar-refractivity contribution in [3.05, 3.63) is 0 Å². The number of hydrogen-bond donors (Lipinski definition) is 2. The fraction of sp³-hybridized carbons (Fsp3) is 0.667. The summed E-state index contributed by atoms with van der Waals surface area (Å²) in [5.74, 6) is -0.582. The van der Waals surface area contributed by atoms with Gasteiger partial charge in [0.1, 0.15) is 0 Å². The molecular formula is C3H9N3O3S. The van der Waals surface area contributed by atoms with Gasteiger partial charge in [-0.1, -0.05) is 0 Å². The van der Waals surface area contributed by atoms with Crippen LogP contribution in [0, 0.1) is 0 Å². The zero-order chi connectivity index (χ0) is 8.20. The molecule has 0 bridgehead atoms. The monoisotopic (exact) mass is 167 g/mol. The van der Waals surface area contributed by atoms with E-state index in [1.54, 1.807) is 0 Å². The molecule has 6 nitrogen and oxygen atoms in total. The van der Waals surface area contributed by atoms with E-state index in [0.717, 1.165) is 0 Å². The summed E-state index contributed by atoms with van der Waals surface area (Å²) >= 11 is 0. The molecule has 10 heavy (non-hydrogen) atoms. The summed E-state index contributed by atoms with van der Waals surface area (Å²) in [5, 5.41) is 2.85. The van der Waals surface area contributed by atoms with Crippen molar-refractivity contribution in [3.8, 4) is 0 Å². The second-order valence-electron chi connectivity index (χ2n) is 1.44. The highest BCUT2D eigenvalue weighted by Crippen LogP contribution is 1.90. The number of nitrogens with two attached hydrogens (primary N) is 2. The molecule has 0 heterocycles. The van der Waals surface area contributed by atoms with Crippen molar-refractivity contribution in [1.82, 2.24) is 0 Å². The van der Waals surface area contributed by atoms with Gasteiger partial charge in [0.05, 0.1) is 5.75 Å². The molecule has 0 aliphatic rings. The molecule has 0 aliphatic carbocycles. The Labute approximate surface area is 58.9 Å². The molecule has 0 fully saturated rings. The van der Waals surface area contributed by atoms with Gasteiger partial charge >= 0.3 is 10.1 Å². The van der Waals surface area contributed by atoms with E-state index in [4.69, 9.17) is 11.5 Å². The van der Waals surface area contributed by atoms with E-state index in [1.807, 2.05) is 0 Å². The van der Waals surface area contributed by atoms with E-state index >= 15 is 0 Å². The molecule has 0 aromatic carbocycles. The first kappa shape index (κ1) is 9.02. The van der Waals surface area contributed by atoms with Crippen LogP contribution in [-0.4, -0.2) is 20.1 Å². The average molecular weight is 167 g/mol. The third kappa shape index (κ3) is 3.96. The smallest absolute Gasteiger partial charge is 0.328 e. The molecule has 0 aromatic heterocycles. The van der Waals surface area contributed by atoms with E-state index in [1.165, 1.54) is 6.92 Å². The van der Waals surface area contributed by atoms with Gasteiger partial charge in [-0.2, -0.15) is 8.42 Å². The molecule has 0 saturated carbocycles. The lowest BCUT2D eigenvalue weighted by molar-refractivity contribution is 0.338. The fourth-order valence-electron chi connectivity index (χ4n) is 0.153. The van der Waals surface area contributed by atoms with Crippen molar-refractivity contribution in [2.24, 2.45) is 16.6 Å². The van der Waals surface area contributed by atoms with Gasteiger partial charge in [-0.15, -0.1) is 0 Å². The molecule has 7 heteroatoms. The van der Waals surface area contributed by atoms with Crippen LogP contribution in [-0.2, 0) is 14.4 Å². The zero-order valence-electron chi connectivity index (χ0n) is 5.44. The molecule has 60 valence electrons. The highest BCUT2D eigenvalue weighted by Gasteiger charge is 2.05. The number of guanidine groups is 1. The van der Waals surface area contributed by atoms with Crippen LogP contribution in [0.25, 0.3) is 0 Å². The predicted octanol–water partition coefficient (Wildman–Crippen LogP) is -1.46. The largest absolute Gasteiger partial charge is 0.367 e. The van der Waals surface area contributed by atoms with Crippen LogP contribution in [0.5, 0.6) is 0 Å². The van der Waals surface area contributed by atoms with Gasteiger partial charge in [0.15, 0.2) is 0 Å². The van der Waals surface area contributed by atoms with E-state index < -0.39 is 16.1 Å². The van der Waals surface area contributed by atoms with E-state index in [-0.39, 0.29) is 5.75 Å². The van der Waals surface area contributed by atoms with Crippen molar-refractivity contribution in [2.75, 3.05) is 5.75 Å². The third-order valence-corrected chi connectivity index (χ3v) is 1.62. The van der Waals surface area contributed by atoms with Crippen LogP contribution in [0.3, 0.4) is 0 Å². The van der Waals surface area contributed by atoms with Crippen LogP contribution in [0.4, 0.5) is 0 Å². The Morgan fingerprint density at radius 2 is 2.10 bits per heavy atom. The normalized spacial score (nSPS) is 10.5. The summed E-state index contributed by atoms with van der Waals surface area (Å²) < 4.78 is 24.9. The minimum Gasteiger partial charge on any atom is -0.367 e. The van der Waals surface area contributed by atoms with Gasteiger partial charge in [-0.3, -0.25) is 4.28 Å². The van der Waals surface area contributed by atoms with Gasteiger partial charge in [0.2, 0.25) is 5.96 Å². The second kappa shape index (κ2) is 3.25. The Morgan fingerprint density at radius 1 is 1.60 bits per heavy atom. The average Bonchev–Trinajstić information content (AvgIpc) is 1.85. The third-order valence-electron chi connectivity index (χ3n) is 0.610. The quantitative estimate of drug-likeness (QED) is 0.303. The van der Waals surface area contributed by atoms with Gasteiger partial charge in [-0.25, -0.2) is 0 Å². The standard InChI is InChI=1S/C3H9N3O3S/c1-2-10(7,8)9-6-3(4)5/h2H2,1H3,(H4,4,5,6). The lowest BCUT2D eigenvalue weighted by Gasteiger charge is -1.95. The van der Waals surface area contributed by atoms with Crippen LogP contribution < -0.4 is 11.5 Å². The van der Waals surface area contributed by atoms with Gasteiger partial charge < -0.3 is 11.5 Å². The second-order valence-corrected chi connectivity index (χ2v) is 3.28. The lowest BCUT2D eigenvalue weighted by Crippen LogP contribution is -2.23. The highest BCUT2D eigenvalue weighted by molar-refractivity contribution is 7.86. The minimum atomic E-state index is -3.56. The molecule has 0 atom stereocenters. The van der Waals surface area contributed by atoms with Crippen LogP contribution >= 0.6 is 0 Å². The van der Waals surface area contributed by atoms with Gasteiger partial charge in [-0.05, 0) is 12.1 Å². The SMILES string of the molecule is CCS(=O)(=O)ON=C(N)N.